The summed E-state index contributed by atoms with van der Waals surface area (Å²) in [6.45, 7) is 6.54. The number of aryl methyl sites for hydroxylation is 1. The van der Waals surface area contributed by atoms with Crippen LogP contribution in [-0.4, -0.2) is 27.3 Å². The van der Waals surface area contributed by atoms with Crippen molar-refractivity contribution in [1.82, 2.24) is 14.8 Å². The first-order valence-corrected chi connectivity index (χ1v) is 8.82. The van der Waals surface area contributed by atoms with Crippen LogP contribution >= 0.6 is 11.6 Å². The molecule has 2 aromatic rings. The summed E-state index contributed by atoms with van der Waals surface area (Å²) in [5.41, 5.74) is 2.12. The van der Waals surface area contributed by atoms with Crippen LogP contribution in [0.5, 0.6) is 0 Å². The molecule has 2 heterocycles. The Morgan fingerprint density at radius 3 is 2.62 bits per heavy atom. The Labute approximate surface area is 148 Å². The lowest BCUT2D eigenvalue weighted by molar-refractivity contribution is -0.143. The summed E-state index contributed by atoms with van der Waals surface area (Å²) in [5.74, 6) is 0.912. The highest BCUT2D eigenvalue weighted by molar-refractivity contribution is 6.30. The number of rotatable bonds is 8. The van der Waals surface area contributed by atoms with E-state index in [-0.39, 0.29) is 5.97 Å². The van der Waals surface area contributed by atoms with E-state index in [1.54, 1.807) is 16.9 Å². The topological polar surface area (TPSA) is 57.0 Å². The molecule has 0 aliphatic carbocycles. The van der Waals surface area contributed by atoms with Crippen molar-refractivity contribution in [3.8, 4) is 5.82 Å². The highest BCUT2D eigenvalue weighted by atomic mass is 35.5. The Morgan fingerprint density at radius 1 is 1.29 bits per heavy atom. The summed E-state index contributed by atoms with van der Waals surface area (Å²) >= 11 is 5.90. The molecule has 0 radical (unpaired) electrons. The largest absolute Gasteiger partial charge is 0.466 e. The van der Waals surface area contributed by atoms with Crippen molar-refractivity contribution < 1.29 is 9.53 Å². The van der Waals surface area contributed by atoms with Gasteiger partial charge in [0.1, 0.15) is 0 Å². The molecule has 0 aliphatic rings. The molecule has 130 valence electrons. The fourth-order valence-electron chi connectivity index (χ4n) is 2.73. The molecule has 0 bridgehead atoms. The Balaban J connectivity index is 2.29. The number of ether oxygens (including phenoxy) is 1. The maximum atomic E-state index is 11.7. The molecule has 0 aromatic carbocycles. The van der Waals surface area contributed by atoms with E-state index in [1.807, 2.05) is 19.2 Å². The fourth-order valence-corrected chi connectivity index (χ4v) is 2.84. The molecule has 0 aliphatic heterocycles. The molecule has 0 unspecified atom stereocenters. The molecule has 0 saturated heterocycles. The smallest absolute Gasteiger partial charge is 0.306 e. The molecule has 2 aromatic heterocycles. The maximum Gasteiger partial charge on any atom is 0.306 e. The predicted molar refractivity (Wildman–Crippen MR) is 94.6 cm³/mol. The maximum absolute atomic E-state index is 11.7. The van der Waals surface area contributed by atoms with E-state index >= 15 is 0 Å². The lowest BCUT2D eigenvalue weighted by atomic mass is 9.95. The summed E-state index contributed by atoms with van der Waals surface area (Å²) < 4.78 is 6.80. The van der Waals surface area contributed by atoms with Gasteiger partial charge in [0.15, 0.2) is 5.82 Å². The molecule has 0 saturated carbocycles. The number of pyridine rings is 1. The normalized spacial score (nSPS) is 11.0. The predicted octanol–water partition coefficient (Wildman–Crippen LogP) is 4.32. The lowest BCUT2D eigenvalue weighted by Crippen LogP contribution is -2.07. The van der Waals surface area contributed by atoms with Crippen molar-refractivity contribution in [1.29, 1.82) is 0 Å². The highest BCUT2D eigenvalue weighted by Crippen LogP contribution is 2.27. The highest BCUT2D eigenvalue weighted by Gasteiger charge is 2.18. The van der Waals surface area contributed by atoms with Crippen LogP contribution in [0.3, 0.4) is 0 Å². The second kappa shape index (κ2) is 8.83. The number of hydrogen-bond donors (Lipinski definition) is 0. The van der Waals surface area contributed by atoms with Gasteiger partial charge in [-0.05, 0) is 43.9 Å². The van der Waals surface area contributed by atoms with Crippen molar-refractivity contribution >= 4 is 17.6 Å². The van der Waals surface area contributed by atoms with E-state index in [2.05, 4.69) is 18.8 Å². The minimum atomic E-state index is -0.176. The van der Waals surface area contributed by atoms with Crippen molar-refractivity contribution in [2.75, 3.05) is 6.61 Å². The molecule has 24 heavy (non-hydrogen) atoms. The number of esters is 1. The minimum Gasteiger partial charge on any atom is -0.466 e. The molecule has 0 N–H and O–H groups in total. The Morgan fingerprint density at radius 2 is 2.04 bits per heavy atom. The van der Waals surface area contributed by atoms with Gasteiger partial charge in [-0.15, -0.1) is 0 Å². The van der Waals surface area contributed by atoms with Crippen LogP contribution in [-0.2, 0) is 16.0 Å². The third-order valence-corrected chi connectivity index (χ3v) is 4.27. The van der Waals surface area contributed by atoms with Gasteiger partial charge in [-0.1, -0.05) is 25.4 Å². The molecule has 0 amide bonds. The summed E-state index contributed by atoms with van der Waals surface area (Å²) in [6.07, 6.45) is 6.57. The molecule has 0 atom stereocenters. The Bertz CT molecular complexity index is 663. The molecule has 5 nitrogen and oxygen atoms in total. The first kappa shape index (κ1) is 18.5. The molecular weight excluding hydrogens is 326 g/mol. The molecule has 2 rings (SSSR count). The number of carbonyl (C=O) groups is 1. The van der Waals surface area contributed by atoms with E-state index < -0.39 is 0 Å². The zero-order valence-corrected chi connectivity index (χ0v) is 15.2. The zero-order valence-electron chi connectivity index (χ0n) is 14.5. The SMILES string of the molecule is CCOC(=O)CCc1cn(-c2ccc(Cl)cn2)nc1C(CC)CC. The van der Waals surface area contributed by atoms with Crippen molar-refractivity contribution in [2.45, 2.75) is 52.4 Å². The Kier molecular flexibility index (Phi) is 6.79. The van der Waals surface area contributed by atoms with Crippen LogP contribution in [0.2, 0.25) is 5.02 Å². The molecule has 0 spiro atoms. The number of nitrogens with zero attached hydrogens (tertiary/aromatic N) is 3. The van der Waals surface area contributed by atoms with Gasteiger partial charge in [-0.2, -0.15) is 5.10 Å². The monoisotopic (exact) mass is 349 g/mol. The standard InChI is InChI=1S/C18H24ClN3O2/c1-4-13(5-2)18-14(7-10-17(23)24-6-3)12-22(21-18)16-9-8-15(19)11-20-16/h8-9,11-13H,4-7,10H2,1-3H3. The van der Waals surface area contributed by atoms with Gasteiger partial charge in [-0.25, -0.2) is 9.67 Å². The number of carbonyl (C=O) groups excluding carboxylic acids is 1. The van der Waals surface area contributed by atoms with Gasteiger partial charge >= 0.3 is 5.97 Å². The van der Waals surface area contributed by atoms with Crippen LogP contribution in [0.4, 0.5) is 0 Å². The van der Waals surface area contributed by atoms with Gasteiger partial charge in [-0.3, -0.25) is 4.79 Å². The average Bonchev–Trinajstić information content (AvgIpc) is 2.99. The summed E-state index contributed by atoms with van der Waals surface area (Å²) in [5, 5.41) is 5.33. The van der Waals surface area contributed by atoms with Crippen molar-refractivity contribution in [3.05, 3.63) is 40.8 Å². The minimum absolute atomic E-state index is 0.176. The molecule has 6 heteroatoms. The molecular formula is C18H24ClN3O2. The van der Waals surface area contributed by atoms with E-state index in [0.29, 0.717) is 36.2 Å². The number of halogens is 1. The second-order valence-electron chi connectivity index (χ2n) is 5.64. The fraction of sp³-hybridized carbons (Fsp3) is 0.500. The van der Waals surface area contributed by atoms with Gasteiger partial charge < -0.3 is 4.74 Å². The summed E-state index contributed by atoms with van der Waals surface area (Å²) in [7, 11) is 0. The third-order valence-electron chi connectivity index (χ3n) is 4.05. The summed E-state index contributed by atoms with van der Waals surface area (Å²) in [4.78, 5) is 16.0. The van der Waals surface area contributed by atoms with Gasteiger partial charge in [0.2, 0.25) is 0 Å². The first-order valence-electron chi connectivity index (χ1n) is 8.44. The zero-order chi connectivity index (χ0) is 17.5. The lowest BCUT2D eigenvalue weighted by Gasteiger charge is -2.11. The van der Waals surface area contributed by atoms with Gasteiger partial charge in [0.25, 0.3) is 0 Å². The van der Waals surface area contributed by atoms with Gasteiger partial charge in [0.05, 0.1) is 17.3 Å². The van der Waals surface area contributed by atoms with Crippen LogP contribution in [0.25, 0.3) is 5.82 Å². The van der Waals surface area contributed by atoms with Gasteiger partial charge in [0, 0.05) is 24.7 Å². The third kappa shape index (κ3) is 4.57. The van der Waals surface area contributed by atoms with Crippen LogP contribution in [0, 0.1) is 0 Å². The number of aromatic nitrogens is 3. The number of hydrogen-bond acceptors (Lipinski definition) is 4. The first-order chi connectivity index (χ1) is 11.6. The van der Waals surface area contributed by atoms with E-state index in [9.17, 15) is 4.79 Å². The summed E-state index contributed by atoms with van der Waals surface area (Å²) in [6, 6.07) is 3.63. The van der Waals surface area contributed by atoms with E-state index in [1.165, 1.54) is 0 Å². The van der Waals surface area contributed by atoms with Crippen molar-refractivity contribution in [2.24, 2.45) is 0 Å². The van der Waals surface area contributed by atoms with E-state index in [4.69, 9.17) is 21.4 Å². The van der Waals surface area contributed by atoms with Crippen molar-refractivity contribution in [3.63, 3.8) is 0 Å². The Hall–Kier alpha value is -1.88. The quantitative estimate of drug-likeness (QED) is 0.666. The van der Waals surface area contributed by atoms with Crippen LogP contribution in [0.1, 0.15) is 57.2 Å². The van der Waals surface area contributed by atoms with Crippen LogP contribution < -0.4 is 0 Å². The van der Waals surface area contributed by atoms with E-state index in [0.717, 1.165) is 24.1 Å². The molecule has 0 fully saturated rings. The van der Waals surface area contributed by atoms with Crippen LogP contribution in [0.15, 0.2) is 24.5 Å². The average molecular weight is 350 g/mol. The second-order valence-corrected chi connectivity index (χ2v) is 6.07.